The van der Waals surface area contributed by atoms with Gasteiger partial charge in [0, 0.05) is 27.4 Å². The molecule has 20 heavy (non-hydrogen) atoms. The van der Waals surface area contributed by atoms with Crippen LogP contribution in [0.3, 0.4) is 0 Å². The second-order valence-electron chi connectivity index (χ2n) is 6.65. The minimum atomic E-state index is -0.158. The molecule has 1 saturated carbocycles. The molecule has 0 radical (unpaired) electrons. The van der Waals surface area contributed by atoms with E-state index in [0.717, 1.165) is 4.47 Å². The van der Waals surface area contributed by atoms with Crippen molar-refractivity contribution in [2.24, 2.45) is 16.6 Å². The summed E-state index contributed by atoms with van der Waals surface area (Å²) in [7, 11) is 0. The van der Waals surface area contributed by atoms with Gasteiger partial charge >= 0.3 is 0 Å². The van der Waals surface area contributed by atoms with Crippen molar-refractivity contribution in [1.29, 1.82) is 0 Å². The average molecular weight is 360 g/mol. The lowest BCUT2D eigenvalue weighted by Gasteiger charge is -2.62. The van der Waals surface area contributed by atoms with Gasteiger partial charge in [-0.05, 0) is 18.2 Å². The lowest BCUT2D eigenvalue weighted by atomic mass is 9.48. The van der Waals surface area contributed by atoms with Gasteiger partial charge in [-0.2, -0.15) is 0 Å². The molecule has 0 atom stereocenters. The SMILES string of the molecule is CC1(C)C(N)C(C)(C)C1NC(=O)c1cc(Br)ccc1Cl. The number of hydrogen-bond donors (Lipinski definition) is 2. The monoisotopic (exact) mass is 358 g/mol. The fraction of sp³-hybridized carbons (Fsp3) is 0.533. The van der Waals surface area contributed by atoms with Crippen LogP contribution < -0.4 is 11.1 Å². The Morgan fingerprint density at radius 1 is 1.30 bits per heavy atom. The molecule has 1 aromatic rings. The molecule has 0 heterocycles. The first kappa shape index (κ1) is 15.8. The molecule has 1 aromatic carbocycles. The molecule has 1 aliphatic carbocycles. The first-order valence-corrected chi connectivity index (χ1v) is 7.77. The number of rotatable bonds is 2. The summed E-state index contributed by atoms with van der Waals surface area (Å²) in [6, 6.07) is 5.33. The van der Waals surface area contributed by atoms with Crippen LogP contribution in [0.1, 0.15) is 38.1 Å². The maximum absolute atomic E-state index is 12.4. The number of nitrogens with two attached hydrogens (primary N) is 1. The molecule has 0 aliphatic heterocycles. The van der Waals surface area contributed by atoms with Crippen molar-refractivity contribution < 1.29 is 4.79 Å². The van der Waals surface area contributed by atoms with Crippen LogP contribution in [-0.4, -0.2) is 18.0 Å². The van der Waals surface area contributed by atoms with Crippen LogP contribution >= 0.6 is 27.5 Å². The maximum atomic E-state index is 12.4. The third kappa shape index (κ3) is 2.38. The summed E-state index contributed by atoms with van der Waals surface area (Å²) in [4.78, 5) is 12.4. The molecular formula is C15H20BrClN2O. The molecule has 3 N–H and O–H groups in total. The smallest absolute Gasteiger partial charge is 0.253 e. The zero-order valence-corrected chi connectivity index (χ0v) is 14.5. The van der Waals surface area contributed by atoms with Gasteiger partial charge in [-0.15, -0.1) is 0 Å². The Bertz CT molecular complexity index is 541. The van der Waals surface area contributed by atoms with E-state index in [4.69, 9.17) is 17.3 Å². The molecule has 1 amide bonds. The van der Waals surface area contributed by atoms with Gasteiger partial charge in [0.05, 0.1) is 10.6 Å². The topological polar surface area (TPSA) is 55.1 Å². The predicted octanol–water partition coefficient (Wildman–Crippen LogP) is 3.59. The molecule has 0 aromatic heterocycles. The van der Waals surface area contributed by atoms with Crippen molar-refractivity contribution in [3.05, 3.63) is 33.3 Å². The quantitative estimate of drug-likeness (QED) is 0.848. The average Bonchev–Trinajstić information content (AvgIpc) is 2.37. The van der Waals surface area contributed by atoms with Crippen LogP contribution in [0.4, 0.5) is 0 Å². The van der Waals surface area contributed by atoms with E-state index in [1.807, 2.05) is 6.07 Å². The van der Waals surface area contributed by atoms with Crippen LogP contribution in [0.15, 0.2) is 22.7 Å². The maximum Gasteiger partial charge on any atom is 0.253 e. The minimum absolute atomic E-state index is 0.0209. The second kappa shape index (κ2) is 5.00. The first-order valence-electron chi connectivity index (χ1n) is 6.60. The molecular weight excluding hydrogens is 340 g/mol. The van der Waals surface area contributed by atoms with Gasteiger partial charge in [-0.1, -0.05) is 55.2 Å². The summed E-state index contributed by atoms with van der Waals surface area (Å²) >= 11 is 9.46. The Morgan fingerprint density at radius 2 is 1.85 bits per heavy atom. The number of amides is 1. The van der Waals surface area contributed by atoms with E-state index in [1.165, 1.54) is 0 Å². The van der Waals surface area contributed by atoms with Crippen molar-refractivity contribution in [3.63, 3.8) is 0 Å². The number of carbonyl (C=O) groups is 1. The Hall–Kier alpha value is -0.580. The molecule has 5 heteroatoms. The number of nitrogens with one attached hydrogen (secondary N) is 1. The Balaban J connectivity index is 2.22. The van der Waals surface area contributed by atoms with Crippen molar-refractivity contribution in [2.75, 3.05) is 0 Å². The molecule has 2 rings (SSSR count). The minimum Gasteiger partial charge on any atom is -0.348 e. The fourth-order valence-corrected chi connectivity index (χ4v) is 4.00. The number of carbonyl (C=O) groups excluding carboxylic acids is 1. The van der Waals surface area contributed by atoms with Crippen LogP contribution in [-0.2, 0) is 0 Å². The van der Waals surface area contributed by atoms with Crippen molar-refractivity contribution >= 4 is 33.4 Å². The molecule has 0 saturated heterocycles. The summed E-state index contributed by atoms with van der Waals surface area (Å²) in [6.07, 6.45) is 0. The summed E-state index contributed by atoms with van der Waals surface area (Å²) in [5.74, 6) is -0.158. The Kier molecular flexibility index (Phi) is 3.95. The summed E-state index contributed by atoms with van der Waals surface area (Å²) in [5, 5.41) is 3.54. The van der Waals surface area contributed by atoms with Gasteiger partial charge in [0.1, 0.15) is 0 Å². The molecule has 110 valence electrons. The van der Waals surface area contributed by atoms with E-state index in [1.54, 1.807) is 12.1 Å². The molecule has 3 nitrogen and oxygen atoms in total. The highest BCUT2D eigenvalue weighted by molar-refractivity contribution is 9.10. The molecule has 0 bridgehead atoms. The van der Waals surface area contributed by atoms with Gasteiger partial charge < -0.3 is 11.1 Å². The summed E-state index contributed by atoms with van der Waals surface area (Å²) < 4.78 is 0.830. The van der Waals surface area contributed by atoms with Crippen LogP contribution in [0.25, 0.3) is 0 Å². The van der Waals surface area contributed by atoms with E-state index in [0.29, 0.717) is 10.6 Å². The number of hydrogen-bond acceptors (Lipinski definition) is 2. The lowest BCUT2D eigenvalue weighted by molar-refractivity contribution is -0.0663. The zero-order chi connectivity index (χ0) is 15.3. The van der Waals surface area contributed by atoms with E-state index in [9.17, 15) is 4.79 Å². The largest absolute Gasteiger partial charge is 0.348 e. The highest BCUT2D eigenvalue weighted by Crippen LogP contribution is 2.52. The van der Waals surface area contributed by atoms with Gasteiger partial charge in [0.15, 0.2) is 0 Å². The van der Waals surface area contributed by atoms with Crippen molar-refractivity contribution in [1.82, 2.24) is 5.32 Å². The first-order chi connectivity index (χ1) is 9.08. The van der Waals surface area contributed by atoms with Crippen LogP contribution in [0, 0.1) is 10.8 Å². The molecule has 0 spiro atoms. The van der Waals surface area contributed by atoms with Gasteiger partial charge in [-0.3, -0.25) is 4.79 Å². The summed E-state index contributed by atoms with van der Waals surface area (Å²) in [6.45, 7) is 8.32. The highest BCUT2D eigenvalue weighted by Gasteiger charge is 2.60. The number of halogens is 2. The number of benzene rings is 1. The lowest BCUT2D eigenvalue weighted by Crippen LogP contribution is -2.76. The van der Waals surface area contributed by atoms with E-state index in [-0.39, 0.29) is 28.8 Å². The van der Waals surface area contributed by atoms with E-state index in [2.05, 4.69) is 48.9 Å². The van der Waals surface area contributed by atoms with Crippen LogP contribution in [0.2, 0.25) is 5.02 Å². The van der Waals surface area contributed by atoms with Crippen LogP contribution in [0.5, 0.6) is 0 Å². The Morgan fingerprint density at radius 3 is 2.40 bits per heavy atom. The molecule has 0 unspecified atom stereocenters. The van der Waals surface area contributed by atoms with Gasteiger partial charge in [0.25, 0.3) is 5.91 Å². The Labute approximate surface area is 133 Å². The molecule has 1 fully saturated rings. The second-order valence-corrected chi connectivity index (χ2v) is 7.97. The van der Waals surface area contributed by atoms with Gasteiger partial charge in [0.2, 0.25) is 0 Å². The normalized spacial score (nSPS) is 26.8. The standard InChI is InChI=1S/C15H20BrClN2O/c1-14(2)12(18)15(3,4)13(14)19-11(20)9-7-8(16)5-6-10(9)17/h5-7,12-13H,18H2,1-4H3,(H,19,20). The third-order valence-corrected chi connectivity index (χ3v) is 5.36. The third-order valence-electron chi connectivity index (χ3n) is 4.54. The zero-order valence-electron chi connectivity index (χ0n) is 12.1. The van der Waals surface area contributed by atoms with E-state index < -0.39 is 0 Å². The van der Waals surface area contributed by atoms with Crippen molar-refractivity contribution in [3.8, 4) is 0 Å². The fourth-order valence-electron chi connectivity index (χ4n) is 3.43. The molecule has 1 aliphatic rings. The van der Waals surface area contributed by atoms with Crippen molar-refractivity contribution in [2.45, 2.75) is 39.8 Å². The predicted molar refractivity (Wildman–Crippen MR) is 85.9 cm³/mol. The van der Waals surface area contributed by atoms with E-state index >= 15 is 0 Å². The highest BCUT2D eigenvalue weighted by atomic mass is 79.9. The summed E-state index contributed by atoms with van der Waals surface area (Å²) in [5.41, 5.74) is 6.43. The van der Waals surface area contributed by atoms with Gasteiger partial charge in [-0.25, -0.2) is 0 Å².